The third-order valence-corrected chi connectivity index (χ3v) is 7.26. The molecule has 196 valence electrons. The molecule has 1 aromatic heterocycles. The maximum absolute atomic E-state index is 13.1. The van der Waals surface area contributed by atoms with Crippen LogP contribution >= 0.6 is 0 Å². The Bertz CT molecular complexity index is 1440. The van der Waals surface area contributed by atoms with Crippen molar-refractivity contribution in [1.29, 1.82) is 0 Å². The van der Waals surface area contributed by atoms with E-state index in [0.717, 1.165) is 24.1 Å². The zero-order valence-corrected chi connectivity index (χ0v) is 20.9. The molecule has 8 heteroatoms. The van der Waals surface area contributed by atoms with Crippen molar-refractivity contribution in [2.75, 3.05) is 18.4 Å². The number of hydrogen-bond donors (Lipinski definition) is 2. The van der Waals surface area contributed by atoms with E-state index in [1.165, 1.54) is 17.8 Å². The summed E-state index contributed by atoms with van der Waals surface area (Å²) in [6.45, 7) is 3.00. The molecule has 2 N–H and O–H groups in total. The Morgan fingerprint density at radius 1 is 1.00 bits per heavy atom. The van der Waals surface area contributed by atoms with Gasteiger partial charge in [-0.3, -0.25) is 9.78 Å². The van der Waals surface area contributed by atoms with E-state index in [9.17, 15) is 23.1 Å². The summed E-state index contributed by atoms with van der Waals surface area (Å²) in [5.74, 6) is -0.103. The number of anilines is 2. The van der Waals surface area contributed by atoms with E-state index < -0.39 is 17.3 Å². The average Bonchev–Trinajstić information content (AvgIpc) is 2.93. The molecule has 38 heavy (non-hydrogen) atoms. The van der Waals surface area contributed by atoms with Gasteiger partial charge in [0.1, 0.15) is 0 Å². The third kappa shape index (κ3) is 5.22. The smallest absolute Gasteiger partial charge is 0.385 e. The number of rotatable bonds is 5. The fraction of sp³-hybridized carbons (Fsp3) is 0.267. The summed E-state index contributed by atoms with van der Waals surface area (Å²) in [6.07, 6.45) is -1.10. The Balaban J connectivity index is 1.25. The molecular weight excluding hydrogens is 491 g/mol. The van der Waals surface area contributed by atoms with Crippen LogP contribution in [0, 0.1) is 0 Å². The zero-order chi connectivity index (χ0) is 26.9. The summed E-state index contributed by atoms with van der Waals surface area (Å²) in [5.41, 5.74) is 2.49. The Labute approximate surface area is 218 Å². The molecule has 0 unspecified atom stereocenters. The van der Waals surface area contributed by atoms with Gasteiger partial charge in [0.25, 0.3) is 5.91 Å². The summed E-state index contributed by atoms with van der Waals surface area (Å²) in [7, 11) is 0. The van der Waals surface area contributed by atoms with Crippen LogP contribution in [0.1, 0.15) is 46.8 Å². The highest BCUT2D eigenvalue weighted by molar-refractivity contribution is 5.96. The molecule has 0 saturated carbocycles. The predicted octanol–water partition coefficient (Wildman–Crippen LogP) is 6.68. The number of benzene rings is 3. The first-order chi connectivity index (χ1) is 18.2. The Morgan fingerprint density at radius 2 is 1.68 bits per heavy atom. The van der Waals surface area contributed by atoms with Crippen molar-refractivity contribution in [3.05, 3.63) is 101 Å². The minimum absolute atomic E-state index is 0.103. The highest BCUT2D eigenvalue weighted by atomic mass is 19.4. The maximum Gasteiger partial charge on any atom is 0.416 e. The molecule has 5 nitrogen and oxygen atoms in total. The van der Waals surface area contributed by atoms with E-state index in [1.54, 1.807) is 35.2 Å². The highest BCUT2D eigenvalue weighted by Gasteiger charge is 2.35. The van der Waals surface area contributed by atoms with Crippen molar-refractivity contribution in [2.45, 2.75) is 38.0 Å². The first-order valence-electron chi connectivity index (χ1n) is 12.6. The molecule has 5 rings (SSSR count). The van der Waals surface area contributed by atoms with Crippen LogP contribution in [0.15, 0.2) is 79.0 Å². The number of fused-ring (bicyclic) bond motifs is 1. The number of aromatic nitrogens is 1. The maximum atomic E-state index is 13.1. The van der Waals surface area contributed by atoms with E-state index in [4.69, 9.17) is 0 Å². The highest BCUT2D eigenvalue weighted by Crippen LogP contribution is 2.35. The van der Waals surface area contributed by atoms with Crippen molar-refractivity contribution >= 4 is 28.2 Å². The summed E-state index contributed by atoms with van der Waals surface area (Å²) in [4.78, 5) is 18.9. The SMILES string of the molecule is CCc1ccc(C2(O)CCN(C(=O)c3ccc(Nc4ccnc5cc(C(F)(F)F)ccc45)cc3)CC2)cc1. The number of carbonyl (C=O) groups is 1. The molecular formula is C30H28F3N3O2. The molecule has 4 aromatic rings. The molecule has 1 fully saturated rings. The van der Waals surface area contributed by atoms with Crippen molar-refractivity contribution in [2.24, 2.45) is 0 Å². The summed E-state index contributed by atoms with van der Waals surface area (Å²) in [5, 5.41) is 14.9. The van der Waals surface area contributed by atoms with E-state index in [1.807, 2.05) is 24.3 Å². The van der Waals surface area contributed by atoms with Crippen LogP contribution in [0.4, 0.5) is 24.5 Å². The first-order valence-corrected chi connectivity index (χ1v) is 12.6. The van der Waals surface area contributed by atoms with Gasteiger partial charge in [-0.15, -0.1) is 0 Å². The average molecular weight is 520 g/mol. The van der Waals surface area contributed by atoms with Gasteiger partial charge in [-0.05, 0) is 72.9 Å². The first kappa shape index (κ1) is 25.7. The largest absolute Gasteiger partial charge is 0.416 e. The number of amides is 1. The zero-order valence-electron chi connectivity index (χ0n) is 20.9. The van der Waals surface area contributed by atoms with Crippen LogP contribution in [-0.4, -0.2) is 34.0 Å². The van der Waals surface area contributed by atoms with Gasteiger partial charge in [0.05, 0.1) is 16.7 Å². The van der Waals surface area contributed by atoms with Gasteiger partial charge in [-0.1, -0.05) is 37.3 Å². The summed E-state index contributed by atoms with van der Waals surface area (Å²) < 4.78 is 39.2. The van der Waals surface area contributed by atoms with Crippen LogP contribution in [0.25, 0.3) is 10.9 Å². The van der Waals surface area contributed by atoms with Crippen molar-refractivity contribution in [1.82, 2.24) is 9.88 Å². The quantitative estimate of drug-likeness (QED) is 0.309. The molecule has 1 aliphatic heterocycles. The van der Waals surface area contributed by atoms with Gasteiger partial charge < -0.3 is 15.3 Å². The van der Waals surface area contributed by atoms with E-state index in [2.05, 4.69) is 17.2 Å². The fourth-order valence-corrected chi connectivity index (χ4v) is 4.89. The number of nitrogens with one attached hydrogen (secondary N) is 1. The minimum Gasteiger partial charge on any atom is -0.385 e. The summed E-state index contributed by atoms with van der Waals surface area (Å²) in [6, 6.07) is 20.2. The van der Waals surface area contributed by atoms with Crippen molar-refractivity contribution in [3.63, 3.8) is 0 Å². The number of carbonyl (C=O) groups excluding carboxylic acids is 1. The second-order valence-corrected chi connectivity index (χ2v) is 9.66. The second-order valence-electron chi connectivity index (χ2n) is 9.66. The van der Waals surface area contributed by atoms with Crippen LogP contribution in [0.3, 0.4) is 0 Å². The lowest BCUT2D eigenvalue weighted by Crippen LogP contribution is -2.45. The molecule has 1 aliphatic rings. The van der Waals surface area contributed by atoms with Gasteiger partial charge in [0.15, 0.2) is 0 Å². The number of alkyl halides is 3. The normalized spacial score (nSPS) is 15.4. The molecule has 0 spiro atoms. The van der Waals surface area contributed by atoms with Crippen LogP contribution < -0.4 is 5.32 Å². The van der Waals surface area contributed by atoms with Gasteiger partial charge in [-0.2, -0.15) is 13.2 Å². The number of nitrogens with zero attached hydrogens (tertiary/aromatic N) is 2. The van der Waals surface area contributed by atoms with Gasteiger partial charge in [0, 0.05) is 41.6 Å². The molecule has 3 aromatic carbocycles. The van der Waals surface area contributed by atoms with Crippen LogP contribution in [0.5, 0.6) is 0 Å². The van der Waals surface area contributed by atoms with Crippen molar-refractivity contribution in [3.8, 4) is 0 Å². The van der Waals surface area contributed by atoms with E-state index >= 15 is 0 Å². The van der Waals surface area contributed by atoms with Gasteiger partial charge in [-0.25, -0.2) is 0 Å². The van der Waals surface area contributed by atoms with Crippen LogP contribution in [-0.2, 0) is 18.2 Å². The number of likely N-dealkylation sites (tertiary alicyclic amines) is 1. The Morgan fingerprint density at radius 3 is 2.32 bits per heavy atom. The monoisotopic (exact) mass is 519 g/mol. The van der Waals surface area contributed by atoms with Crippen molar-refractivity contribution < 1.29 is 23.1 Å². The minimum atomic E-state index is -4.44. The number of halogens is 3. The standard InChI is InChI=1S/C30H28F3N3O2/c1-2-20-3-7-22(8-4-20)29(38)14-17-36(18-15-29)28(37)21-5-10-24(11-6-21)35-26-13-16-34-27-19-23(30(31,32)33)9-12-25(26)27/h3-13,16,19,38H,2,14-15,17-18H2,1H3,(H,34,35). The number of pyridine rings is 1. The van der Waals surface area contributed by atoms with Gasteiger partial charge in [0.2, 0.25) is 0 Å². The second kappa shape index (κ2) is 10.1. The third-order valence-electron chi connectivity index (χ3n) is 7.26. The topological polar surface area (TPSA) is 65.5 Å². The lowest BCUT2D eigenvalue weighted by molar-refractivity contribution is -0.137. The Hall–Kier alpha value is -3.91. The molecule has 0 bridgehead atoms. The molecule has 0 radical (unpaired) electrons. The molecule has 2 heterocycles. The number of piperidine rings is 1. The fourth-order valence-electron chi connectivity index (χ4n) is 4.89. The molecule has 0 atom stereocenters. The lowest BCUT2D eigenvalue weighted by atomic mass is 9.84. The van der Waals surface area contributed by atoms with Crippen LogP contribution in [0.2, 0.25) is 0 Å². The molecule has 1 amide bonds. The van der Waals surface area contributed by atoms with Gasteiger partial charge >= 0.3 is 6.18 Å². The number of aryl methyl sites for hydroxylation is 1. The van der Waals surface area contributed by atoms with E-state index in [-0.39, 0.29) is 11.4 Å². The number of hydrogen-bond acceptors (Lipinski definition) is 4. The Kier molecular flexibility index (Phi) is 6.84. The lowest BCUT2D eigenvalue weighted by Gasteiger charge is -2.38. The predicted molar refractivity (Wildman–Crippen MR) is 141 cm³/mol. The van der Waals surface area contributed by atoms with E-state index in [0.29, 0.717) is 48.3 Å². The summed E-state index contributed by atoms with van der Waals surface area (Å²) >= 11 is 0. The molecule has 1 saturated heterocycles. The molecule has 0 aliphatic carbocycles. The number of aliphatic hydroxyl groups is 1.